The van der Waals surface area contributed by atoms with Gasteiger partial charge in [-0.25, -0.2) is 0 Å². The Morgan fingerprint density at radius 1 is 1.03 bits per heavy atom. The third-order valence-corrected chi connectivity index (χ3v) is 5.83. The van der Waals surface area contributed by atoms with Gasteiger partial charge in [0.05, 0.1) is 5.57 Å². The molecule has 0 aliphatic carbocycles. The Morgan fingerprint density at radius 2 is 1.76 bits per heavy atom. The summed E-state index contributed by atoms with van der Waals surface area (Å²) in [6, 6.07) is 25.8. The number of benzene rings is 3. The molecule has 33 heavy (non-hydrogen) atoms. The van der Waals surface area contributed by atoms with E-state index in [4.69, 9.17) is 16.3 Å². The van der Waals surface area contributed by atoms with Crippen molar-refractivity contribution in [1.82, 2.24) is 10.2 Å². The van der Waals surface area contributed by atoms with Crippen LogP contribution in [0.2, 0.25) is 5.02 Å². The zero-order valence-corrected chi connectivity index (χ0v) is 18.8. The SMILES string of the molecule is N#C/C(=C\c1ccccc1OCc1ccccc1Cl)c1nnc(NC(=O)c2ccccc2)s1. The Kier molecular flexibility index (Phi) is 7.10. The molecule has 0 aliphatic heterocycles. The van der Waals surface area contributed by atoms with Gasteiger partial charge in [0.25, 0.3) is 5.91 Å². The Labute approximate surface area is 199 Å². The van der Waals surface area contributed by atoms with Crippen LogP contribution in [0.4, 0.5) is 5.13 Å². The third-order valence-electron chi connectivity index (χ3n) is 4.59. The van der Waals surface area contributed by atoms with E-state index in [1.165, 1.54) is 0 Å². The van der Waals surface area contributed by atoms with Crippen LogP contribution in [0.3, 0.4) is 0 Å². The fraction of sp³-hybridized carbons (Fsp3) is 0.0400. The van der Waals surface area contributed by atoms with Crippen LogP contribution in [0.1, 0.15) is 26.5 Å². The van der Waals surface area contributed by atoms with Gasteiger partial charge in [-0.3, -0.25) is 10.1 Å². The molecule has 0 saturated heterocycles. The number of aromatic nitrogens is 2. The highest BCUT2D eigenvalue weighted by atomic mass is 35.5. The summed E-state index contributed by atoms with van der Waals surface area (Å²) in [5.74, 6) is 0.311. The maximum atomic E-state index is 12.3. The average Bonchev–Trinajstić information content (AvgIpc) is 3.31. The number of rotatable bonds is 7. The van der Waals surface area contributed by atoms with Crippen molar-refractivity contribution < 1.29 is 9.53 Å². The third kappa shape index (κ3) is 5.63. The highest BCUT2D eigenvalue weighted by Crippen LogP contribution is 2.28. The van der Waals surface area contributed by atoms with Crippen molar-refractivity contribution >= 4 is 45.6 Å². The summed E-state index contributed by atoms with van der Waals surface area (Å²) in [5, 5.41) is 21.8. The molecule has 0 fully saturated rings. The second kappa shape index (κ2) is 10.6. The van der Waals surface area contributed by atoms with Gasteiger partial charge in [-0.05, 0) is 30.3 Å². The molecule has 1 amide bonds. The van der Waals surface area contributed by atoms with Gasteiger partial charge in [0, 0.05) is 21.7 Å². The number of nitriles is 1. The van der Waals surface area contributed by atoms with Crippen LogP contribution >= 0.6 is 22.9 Å². The molecule has 3 aromatic carbocycles. The predicted molar refractivity (Wildman–Crippen MR) is 130 cm³/mol. The Balaban J connectivity index is 1.52. The van der Waals surface area contributed by atoms with Crippen molar-refractivity contribution in [3.63, 3.8) is 0 Å². The number of nitrogens with zero attached hydrogens (tertiary/aromatic N) is 3. The smallest absolute Gasteiger partial charge is 0.257 e. The lowest BCUT2D eigenvalue weighted by Gasteiger charge is -2.10. The molecule has 6 nitrogen and oxygen atoms in total. The summed E-state index contributed by atoms with van der Waals surface area (Å²) in [4.78, 5) is 12.3. The molecule has 0 unspecified atom stereocenters. The van der Waals surface area contributed by atoms with E-state index in [-0.39, 0.29) is 5.91 Å². The van der Waals surface area contributed by atoms with Crippen molar-refractivity contribution in [2.75, 3.05) is 5.32 Å². The number of anilines is 1. The van der Waals surface area contributed by atoms with Gasteiger partial charge in [-0.1, -0.05) is 77.5 Å². The number of carbonyl (C=O) groups excluding carboxylic acids is 1. The molecule has 162 valence electrons. The first kappa shape index (κ1) is 22.2. The molecule has 0 spiro atoms. The highest BCUT2D eigenvalue weighted by molar-refractivity contribution is 7.16. The normalized spacial score (nSPS) is 11.0. The highest BCUT2D eigenvalue weighted by Gasteiger charge is 2.14. The number of hydrogen-bond donors (Lipinski definition) is 1. The molecule has 1 aromatic heterocycles. The zero-order chi connectivity index (χ0) is 23.0. The maximum Gasteiger partial charge on any atom is 0.257 e. The molecule has 1 heterocycles. The van der Waals surface area contributed by atoms with E-state index in [9.17, 15) is 10.1 Å². The molecule has 1 N–H and O–H groups in total. The van der Waals surface area contributed by atoms with E-state index in [1.807, 2.05) is 54.6 Å². The van der Waals surface area contributed by atoms with E-state index in [0.717, 1.165) is 16.9 Å². The van der Waals surface area contributed by atoms with Crippen LogP contribution < -0.4 is 10.1 Å². The van der Waals surface area contributed by atoms with E-state index >= 15 is 0 Å². The summed E-state index contributed by atoms with van der Waals surface area (Å²) in [5.41, 5.74) is 2.39. The number of amides is 1. The first-order valence-corrected chi connectivity index (χ1v) is 11.1. The van der Waals surface area contributed by atoms with E-state index in [2.05, 4.69) is 21.6 Å². The van der Waals surface area contributed by atoms with Gasteiger partial charge in [-0.15, -0.1) is 10.2 Å². The first-order chi connectivity index (χ1) is 16.1. The van der Waals surface area contributed by atoms with E-state index < -0.39 is 0 Å². The minimum absolute atomic E-state index is 0.292. The Hall–Kier alpha value is -3.99. The lowest BCUT2D eigenvalue weighted by molar-refractivity contribution is 0.102. The minimum atomic E-state index is -0.292. The Morgan fingerprint density at radius 3 is 2.55 bits per heavy atom. The number of carbonyl (C=O) groups is 1. The topological polar surface area (TPSA) is 87.9 Å². The number of ether oxygens (including phenoxy) is 1. The average molecular weight is 473 g/mol. The quantitative estimate of drug-likeness (QED) is 0.329. The molecule has 8 heteroatoms. The van der Waals surface area contributed by atoms with E-state index in [0.29, 0.717) is 44.2 Å². The Bertz CT molecular complexity index is 1350. The summed E-state index contributed by atoms with van der Waals surface area (Å²) < 4.78 is 5.96. The number of hydrogen-bond acceptors (Lipinski definition) is 6. The van der Waals surface area contributed by atoms with E-state index in [1.54, 1.807) is 30.3 Å². The summed E-state index contributed by atoms with van der Waals surface area (Å²) in [6.07, 6.45) is 1.69. The van der Waals surface area contributed by atoms with Crippen LogP contribution in [-0.2, 0) is 6.61 Å². The molecule has 0 saturated carbocycles. The first-order valence-electron chi connectivity index (χ1n) is 9.91. The lowest BCUT2D eigenvalue weighted by Crippen LogP contribution is -2.11. The van der Waals surface area contributed by atoms with Crippen LogP contribution in [0.25, 0.3) is 11.6 Å². The number of allylic oxidation sites excluding steroid dienone is 1. The second-order valence-corrected chi connectivity index (χ2v) is 8.20. The predicted octanol–water partition coefficient (Wildman–Crippen LogP) is 6.09. The molecule has 4 rings (SSSR count). The summed E-state index contributed by atoms with van der Waals surface area (Å²) in [6.45, 7) is 0.293. The number of nitrogens with one attached hydrogen (secondary N) is 1. The largest absolute Gasteiger partial charge is 0.488 e. The number of halogens is 1. The van der Waals surface area contributed by atoms with Crippen molar-refractivity contribution in [3.8, 4) is 11.8 Å². The van der Waals surface area contributed by atoms with Crippen molar-refractivity contribution in [3.05, 3.63) is 106 Å². The van der Waals surface area contributed by atoms with Gasteiger partial charge in [0.2, 0.25) is 5.13 Å². The minimum Gasteiger partial charge on any atom is -0.488 e. The fourth-order valence-electron chi connectivity index (χ4n) is 2.94. The molecule has 0 bridgehead atoms. The van der Waals surface area contributed by atoms with Crippen molar-refractivity contribution in [1.29, 1.82) is 5.26 Å². The molecular formula is C25H17ClN4O2S. The van der Waals surface area contributed by atoms with Gasteiger partial charge >= 0.3 is 0 Å². The van der Waals surface area contributed by atoms with Gasteiger partial charge < -0.3 is 4.74 Å². The summed E-state index contributed by atoms with van der Waals surface area (Å²) >= 11 is 7.34. The monoisotopic (exact) mass is 472 g/mol. The summed E-state index contributed by atoms with van der Waals surface area (Å²) in [7, 11) is 0. The van der Waals surface area contributed by atoms with Gasteiger partial charge in [-0.2, -0.15) is 5.26 Å². The molecule has 0 aliphatic rings. The molecular weight excluding hydrogens is 456 g/mol. The molecule has 4 aromatic rings. The second-order valence-electron chi connectivity index (χ2n) is 6.82. The van der Waals surface area contributed by atoms with Crippen LogP contribution in [0, 0.1) is 11.3 Å². The zero-order valence-electron chi connectivity index (χ0n) is 17.2. The number of para-hydroxylation sites is 1. The van der Waals surface area contributed by atoms with Crippen molar-refractivity contribution in [2.45, 2.75) is 6.61 Å². The molecule has 0 radical (unpaired) electrons. The van der Waals surface area contributed by atoms with Gasteiger partial charge in [0.1, 0.15) is 18.4 Å². The molecule has 0 atom stereocenters. The maximum absolute atomic E-state index is 12.3. The van der Waals surface area contributed by atoms with Crippen molar-refractivity contribution in [2.24, 2.45) is 0 Å². The van der Waals surface area contributed by atoms with Crippen LogP contribution in [0.5, 0.6) is 5.75 Å². The lowest BCUT2D eigenvalue weighted by atomic mass is 10.1. The standard InChI is InChI=1S/C25H17ClN4O2S/c26-21-12-6-4-11-19(21)16-32-22-13-7-5-10-18(22)14-20(15-27)24-29-30-25(33-24)28-23(31)17-8-2-1-3-9-17/h1-14H,16H2,(H,28,30,31)/b20-14+. The van der Waals surface area contributed by atoms with Crippen LogP contribution in [0.15, 0.2) is 78.9 Å². The fourth-order valence-corrected chi connectivity index (χ4v) is 3.84. The van der Waals surface area contributed by atoms with Gasteiger partial charge in [0.15, 0.2) is 5.01 Å². The van der Waals surface area contributed by atoms with Crippen LogP contribution in [-0.4, -0.2) is 16.1 Å².